The molecule has 2 aromatic rings. The summed E-state index contributed by atoms with van der Waals surface area (Å²) >= 11 is 6.50. The fraction of sp³-hybridized carbons (Fsp3) is 0.500. The zero-order chi connectivity index (χ0) is 20.8. The Hall–Kier alpha value is -2.11. The molecule has 2 aromatic heterocycles. The van der Waals surface area contributed by atoms with Gasteiger partial charge in [-0.15, -0.1) is 0 Å². The van der Waals surface area contributed by atoms with Gasteiger partial charge in [0.15, 0.2) is 0 Å². The fourth-order valence-corrected chi connectivity index (χ4v) is 4.58. The molecule has 3 heterocycles. The van der Waals surface area contributed by atoms with Crippen molar-refractivity contribution in [3.05, 3.63) is 47.1 Å². The maximum Gasteiger partial charge on any atom is 0.126 e. The lowest BCUT2D eigenvalue weighted by Gasteiger charge is -2.25. The van der Waals surface area contributed by atoms with Gasteiger partial charge in [0.05, 0.1) is 10.7 Å². The van der Waals surface area contributed by atoms with Gasteiger partial charge in [-0.05, 0) is 82.7 Å². The van der Waals surface area contributed by atoms with Gasteiger partial charge in [-0.25, -0.2) is 9.97 Å². The molecule has 1 aliphatic heterocycles. The Kier molecular flexibility index (Phi) is 7.24. The van der Waals surface area contributed by atoms with Gasteiger partial charge in [0.2, 0.25) is 0 Å². The van der Waals surface area contributed by atoms with Crippen molar-refractivity contribution in [3.63, 3.8) is 0 Å². The highest BCUT2D eigenvalue weighted by atomic mass is 35.5. The predicted molar refractivity (Wildman–Crippen MR) is 126 cm³/mol. The second kappa shape index (κ2) is 10.3. The van der Waals surface area contributed by atoms with E-state index < -0.39 is 0 Å². The van der Waals surface area contributed by atoms with Gasteiger partial charge in [-0.3, -0.25) is 0 Å². The van der Waals surface area contributed by atoms with Crippen LogP contribution in [0.2, 0.25) is 5.02 Å². The number of pyridine rings is 2. The monoisotopic (exact) mass is 425 g/mol. The Labute approximate surface area is 184 Å². The molecule has 6 heteroatoms. The first-order valence-corrected chi connectivity index (χ1v) is 11.6. The highest BCUT2D eigenvalue weighted by molar-refractivity contribution is 6.33. The van der Waals surface area contributed by atoms with E-state index in [1.165, 1.54) is 25.7 Å². The first-order valence-electron chi connectivity index (χ1n) is 11.2. The molecule has 4 rings (SSSR count). The molecule has 1 unspecified atom stereocenters. The summed E-state index contributed by atoms with van der Waals surface area (Å²) in [6, 6.07) is 8.56. The molecule has 160 valence electrons. The van der Waals surface area contributed by atoms with Crippen LogP contribution in [0.15, 0.2) is 42.1 Å². The van der Waals surface area contributed by atoms with Crippen LogP contribution in [-0.4, -0.2) is 35.6 Å². The quantitative estimate of drug-likeness (QED) is 0.532. The van der Waals surface area contributed by atoms with Crippen molar-refractivity contribution in [2.45, 2.75) is 51.5 Å². The number of hydrogen-bond donors (Lipinski definition) is 3. The van der Waals surface area contributed by atoms with E-state index in [4.69, 9.17) is 16.6 Å². The number of allylic oxidation sites excluding steroid dienone is 2. The number of hydrogen-bond acceptors (Lipinski definition) is 5. The fourth-order valence-electron chi connectivity index (χ4n) is 4.37. The second-order valence-electron chi connectivity index (χ2n) is 8.42. The lowest BCUT2D eigenvalue weighted by atomic mass is 9.91. The van der Waals surface area contributed by atoms with Crippen molar-refractivity contribution in [2.75, 3.05) is 30.3 Å². The minimum atomic E-state index is 0.459. The topological polar surface area (TPSA) is 61.9 Å². The smallest absolute Gasteiger partial charge is 0.126 e. The summed E-state index contributed by atoms with van der Waals surface area (Å²) in [7, 11) is 0. The van der Waals surface area contributed by atoms with Crippen LogP contribution >= 0.6 is 11.6 Å². The van der Waals surface area contributed by atoms with Crippen LogP contribution in [0.4, 0.5) is 11.6 Å². The molecule has 2 fully saturated rings. The minimum Gasteiger partial charge on any atom is -0.370 e. The molecule has 1 atom stereocenters. The molecule has 0 spiro atoms. The highest BCUT2D eigenvalue weighted by Crippen LogP contribution is 2.31. The van der Waals surface area contributed by atoms with Gasteiger partial charge in [0.1, 0.15) is 11.6 Å². The van der Waals surface area contributed by atoms with E-state index >= 15 is 0 Å². The molecular formula is C24H32ClN5. The lowest BCUT2D eigenvalue weighted by Crippen LogP contribution is -2.33. The van der Waals surface area contributed by atoms with Gasteiger partial charge >= 0.3 is 0 Å². The summed E-state index contributed by atoms with van der Waals surface area (Å²) in [6.45, 7) is 5.29. The molecule has 1 saturated carbocycles. The number of nitrogens with one attached hydrogen (secondary N) is 3. The van der Waals surface area contributed by atoms with Crippen LogP contribution in [0.25, 0.3) is 11.3 Å². The highest BCUT2D eigenvalue weighted by Gasteiger charge is 2.17. The van der Waals surface area contributed by atoms with Crippen molar-refractivity contribution in [2.24, 2.45) is 5.92 Å². The molecule has 1 saturated heterocycles. The first kappa shape index (κ1) is 21.1. The molecule has 0 aromatic carbocycles. The van der Waals surface area contributed by atoms with Gasteiger partial charge in [-0.2, -0.15) is 0 Å². The average molecular weight is 426 g/mol. The minimum absolute atomic E-state index is 0.459. The molecule has 5 nitrogen and oxygen atoms in total. The molecule has 30 heavy (non-hydrogen) atoms. The largest absolute Gasteiger partial charge is 0.370 e. The van der Waals surface area contributed by atoms with Crippen molar-refractivity contribution in [1.29, 1.82) is 0 Å². The number of halogens is 1. The van der Waals surface area contributed by atoms with E-state index in [-0.39, 0.29) is 0 Å². The predicted octanol–water partition coefficient (Wildman–Crippen LogP) is 5.51. The summed E-state index contributed by atoms with van der Waals surface area (Å²) in [5.74, 6) is 2.42. The van der Waals surface area contributed by atoms with Crippen molar-refractivity contribution in [3.8, 4) is 11.3 Å². The van der Waals surface area contributed by atoms with Crippen LogP contribution in [0.3, 0.4) is 0 Å². The normalized spacial score (nSPS) is 21.9. The number of anilines is 2. The van der Waals surface area contributed by atoms with Crippen molar-refractivity contribution in [1.82, 2.24) is 15.3 Å². The number of piperidine rings is 1. The van der Waals surface area contributed by atoms with E-state index in [1.54, 1.807) is 11.8 Å². The van der Waals surface area contributed by atoms with Crippen LogP contribution in [0, 0.1) is 5.92 Å². The van der Waals surface area contributed by atoms with Crippen molar-refractivity contribution < 1.29 is 0 Å². The van der Waals surface area contributed by atoms with Gasteiger partial charge in [0, 0.05) is 24.3 Å². The Balaban J connectivity index is 1.43. The van der Waals surface area contributed by atoms with Crippen LogP contribution in [0.5, 0.6) is 0 Å². The third kappa shape index (κ3) is 5.52. The summed E-state index contributed by atoms with van der Waals surface area (Å²) < 4.78 is 0. The Morgan fingerprint density at radius 2 is 2.07 bits per heavy atom. The standard InChI is InChI=1S/C24H32ClN5/c1-2-17-8-10-19(11-9-17)29-24-13-20(21(25)16-28-24)22-6-3-7-23(30-22)27-15-18-5-4-12-26-14-18/h2-3,6-7,13,16,18-19,26H,4-5,8-12,14-15H2,1H3,(H,27,30)(H,28,29). The summed E-state index contributed by atoms with van der Waals surface area (Å²) in [6.07, 6.45) is 11.1. The van der Waals surface area contributed by atoms with Gasteiger partial charge in [0.25, 0.3) is 0 Å². The average Bonchev–Trinajstić information content (AvgIpc) is 2.80. The maximum absolute atomic E-state index is 6.50. The van der Waals surface area contributed by atoms with Crippen LogP contribution in [0.1, 0.15) is 45.4 Å². The number of nitrogens with zero attached hydrogens (tertiary/aromatic N) is 2. The number of rotatable bonds is 6. The van der Waals surface area contributed by atoms with E-state index in [2.05, 4.69) is 33.9 Å². The first-order chi connectivity index (χ1) is 14.7. The summed E-state index contributed by atoms with van der Waals surface area (Å²) in [5, 5.41) is 11.2. The van der Waals surface area contributed by atoms with Gasteiger partial charge in [-0.1, -0.05) is 29.3 Å². The summed E-state index contributed by atoms with van der Waals surface area (Å²) in [5.41, 5.74) is 3.36. The van der Waals surface area contributed by atoms with E-state index in [0.29, 0.717) is 17.0 Å². The molecule has 3 N–H and O–H groups in total. The molecule has 0 radical (unpaired) electrons. The van der Waals surface area contributed by atoms with Gasteiger partial charge < -0.3 is 16.0 Å². The third-order valence-corrected chi connectivity index (χ3v) is 6.54. The molecule has 0 amide bonds. The summed E-state index contributed by atoms with van der Waals surface area (Å²) in [4.78, 5) is 9.33. The van der Waals surface area contributed by atoms with E-state index in [1.807, 2.05) is 24.3 Å². The second-order valence-corrected chi connectivity index (χ2v) is 8.82. The Morgan fingerprint density at radius 3 is 2.83 bits per heavy atom. The molecular weight excluding hydrogens is 394 g/mol. The SMILES string of the molecule is CC=C1CCC(Nc2cc(-c3cccc(NCC4CCCNC4)n3)c(Cl)cn2)CC1. The van der Waals surface area contributed by atoms with Crippen LogP contribution in [-0.2, 0) is 0 Å². The van der Waals surface area contributed by atoms with Crippen LogP contribution < -0.4 is 16.0 Å². The van der Waals surface area contributed by atoms with E-state index in [0.717, 1.165) is 55.4 Å². The third-order valence-electron chi connectivity index (χ3n) is 6.24. The lowest BCUT2D eigenvalue weighted by molar-refractivity contribution is 0.392. The molecule has 0 bridgehead atoms. The Bertz CT molecular complexity index is 866. The zero-order valence-corrected chi connectivity index (χ0v) is 18.5. The molecule has 1 aliphatic carbocycles. The van der Waals surface area contributed by atoms with Crippen molar-refractivity contribution >= 4 is 23.2 Å². The maximum atomic E-state index is 6.50. The molecule has 2 aliphatic rings. The van der Waals surface area contributed by atoms with E-state index in [9.17, 15) is 0 Å². The Morgan fingerprint density at radius 1 is 1.20 bits per heavy atom. The zero-order valence-electron chi connectivity index (χ0n) is 17.8. The number of aromatic nitrogens is 2.